The van der Waals surface area contributed by atoms with Crippen LogP contribution < -0.4 is 0 Å². The Morgan fingerprint density at radius 2 is 2.05 bits per heavy atom. The molecule has 2 amide bonds. The first-order valence-corrected chi connectivity index (χ1v) is 7.16. The molecule has 5 heteroatoms. The molecule has 0 aliphatic carbocycles. The topological polar surface area (TPSA) is 60.9 Å². The third-order valence-electron chi connectivity index (χ3n) is 3.67. The smallest absolute Gasteiger partial charge is 0.326 e. The number of hydrogen-bond acceptors (Lipinski definition) is 2. The van der Waals surface area contributed by atoms with Crippen molar-refractivity contribution in [3.8, 4) is 0 Å². The second-order valence-corrected chi connectivity index (χ2v) is 5.81. The lowest BCUT2D eigenvalue weighted by molar-refractivity contribution is -0.145. The zero-order chi connectivity index (χ0) is 14.6. The number of nitrogens with zero attached hydrogens (tertiary/aromatic N) is 2. The van der Waals surface area contributed by atoms with Gasteiger partial charge in [-0.1, -0.05) is 20.8 Å². The lowest BCUT2D eigenvalue weighted by Gasteiger charge is -2.40. The summed E-state index contributed by atoms with van der Waals surface area (Å²) in [6, 6.07) is -0.808. The second-order valence-electron chi connectivity index (χ2n) is 5.81. The fraction of sp³-hybridized carbons (Fsp3) is 0.857. The van der Waals surface area contributed by atoms with Gasteiger partial charge in [0, 0.05) is 19.6 Å². The predicted octanol–water partition coefficient (Wildman–Crippen LogP) is 2.27. The van der Waals surface area contributed by atoms with Gasteiger partial charge >= 0.3 is 12.0 Å². The Morgan fingerprint density at radius 3 is 2.53 bits per heavy atom. The number of carbonyl (C=O) groups excluding carboxylic acids is 1. The summed E-state index contributed by atoms with van der Waals surface area (Å²) >= 11 is 0. The minimum atomic E-state index is -0.888. The van der Waals surface area contributed by atoms with Gasteiger partial charge in [0.15, 0.2) is 0 Å². The minimum Gasteiger partial charge on any atom is -0.480 e. The number of carboxylic acid groups (broad SMARTS) is 1. The molecule has 0 bridgehead atoms. The van der Waals surface area contributed by atoms with Crippen molar-refractivity contribution < 1.29 is 14.7 Å². The van der Waals surface area contributed by atoms with Gasteiger partial charge in [-0.2, -0.15) is 0 Å². The Morgan fingerprint density at radius 1 is 1.42 bits per heavy atom. The molecule has 0 aromatic heterocycles. The third-order valence-corrected chi connectivity index (χ3v) is 3.67. The molecule has 0 aromatic rings. The number of carboxylic acids is 1. The predicted molar refractivity (Wildman–Crippen MR) is 74.0 cm³/mol. The summed E-state index contributed by atoms with van der Waals surface area (Å²) in [6.07, 6.45) is 1.76. The summed E-state index contributed by atoms with van der Waals surface area (Å²) in [4.78, 5) is 27.2. The van der Waals surface area contributed by atoms with Crippen LogP contribution in [0.25, 0.3) is 0 Å². The van der Waals surface area contributed by atoms with Crippen LogP contribution in [0.2, 0.25) is 0 Å². The van der Waals surface area contributed by atoms with Crippen LogP contribution in [-0.2, 0) is 4.79 Å². The number of likely N-dealkylation sites (tertiary alicyclic amines) is 1. The molecule has 1 aliphatic rings. The number of aliphatic carboxylic acids is 1. The number of carbonyl (C=O) groups is 2. The zero-order valence-corrected chi connectivity index (χ0v) is 12.4. The van der Waals surface area contributed by atoms with Crippen LogP contribution >= 0.6 is 0 Å². The molecular weight excluding hydrogens is 244 g/mol. The highest BCUT2D eigenvalue weighted by molar-refractivity contribution is 5.83. The number of piperidine rings is 1. The number of urea groups is 1. The Bertz CT molecular complexity index is 331. The normalized spacial score (nSPS) is 23.5. The van der Waals surface area contributed by atoms with Gasteiger partial charge in [0.2, 0.25) is 0 Å². The zero-order valence-electron chi connectivity index (χ0n) is 12.4. The molecule has 110 valence electrons. The summed E-state index contributed by atoms with van der Waals surface area (Å²) in [6.45, 7) is 9.81. The number of hydrogen-bond donors (Lipinski definition) is 1. The molecule has 0 radical (unpaired) electrons. The fourth-order valence-electron chi connectivity index (χ4n) is 2.74. The van der Waals surface area contributed by atoms with E-state index in [2.05, 4.69) is 13.8 Å². The van der Waals surface area contributed by atoms with Gasteiger partial charge < -0.3 is 14.9 Å². The summed E-state index contributed by atoms with van der Waals surface area (Å²) in [5, 5.41) is 9.35. The van der Waals surface area contributed by atoms with E-state index in [1.54, 1.807) is 9.80 Å². The van der Waals surface area contributed by atoms with Gasteiger partial charge in [0.25, 0.3) is 0 Å². The van der Waals surface area contributed by atoms with E-state index >= 15 is 0 Å². The molecule has 2 unspecified atom stereocenters. The first kappa shape index (κ1) is 15.8. The van der Waals surface area contributed by atoms with Crippen molar-refractivity contribution in [2.75, 3.05) is 19.6 Å². The number of amides is 2. The first-order valence-electron chi connectivity index (χ1n) is 7.16. The lowest BCUT2D eigenvalue weighted by atomic mass is 9.91. The molecule has 5 nitrogen and oxygen atoms in total. The van der Waals surface area contributed by atoms with Crippen molar-refractivity contribution in [1.29, 1.82) is 0 Å². The van der Waals surface area contributed by atoms with Crippen molar-refractivity contribution in [2.24, 2.45) is 11.8 Å². The lowest BCUT2D eigenvalue weighted by Crippen LogP contribution is -2.56. The molecule has 0 saturated carbocycles. The molecule has 0 spiro atoms. The molecular formula is C14H26N2O3. The molecule has 1 saturated heterocycles. The van der Waals surface area contributed by atoms with Gasteiger partial charge in [0.05, 0.1) is 0 Å². The van der Waals surface area contributed by atoms with Crippen molar-refractivity contribution in [1.82, 2.24) is 9.80 Å². The first-order chi connectivity index (χ1) is 8.88. The van der Waals surface area contributed by atoms with Crippen molar-refractivity contribution in [2.45, 2.75) is 46.6 Å². The molecule has 1 rings (SSSR count). The highest BCUT2D eigenvalue weighted by Gasteiger charge is 2.38. The average molecular weight is 270 g/mol. The average Bonchev–Trinajstić information content (AvgIpc) is 2.34. The van der Waals surface area contributed by atoms with Crippen LogP contribution in [-0.4, -0.2) is 52.6 Å². The summed E-state index contributed by atoms with van der Waals surface area (Å²) < 4.78 is 0. The standard InChI is InChI=1S/C14H26N2O3/c1-5-15(9-10(2)3)14(19)16-8-6-7-11(4)12(16)13(17)18/h10-12H,5-9H2,1-4H3,(H,17,18). The van der Waals surface area contributed by atoms with Crippen LogP contribution in [0.15, 0.2) is 0 Å². The van der Waals surface area contributed by atoms with E-state index in [-0.39, 0.29) is 11.9 Å². The van der Waals surface area contributed by atoms with E-state index in [1.807, 2.05) is 13.8 Å². The maximum absolute atomic E-state index is 12.5. The van der Waals surface area contributed by atoms with E-state index in [4.69, 9.17) is 0 Å². The second kappa shape index (κ2) is 6.78. The molecule has 2 atom stereocenters. The molecule has 1 N–H and O–H groups in total. The number of rotatable bonds is 4. The maximum Gasteiger partial charge on any atom is 0.326 e. The summed E-state index contributed by atoms with van der Waals surface area (Å²) in [5.41, 5.74) is 0. The largest absolute Gasteiger partial charge is 0.480 e. The van der Waals surface area contributed by atoms with Crippen LogP contribution in [0.5, 0.6) is 0 Å². The quantitative estimate of drug-likeness (QED) is 0.852. The van der Waals surface area contributed by atoms with Gasteiger partial charge in [-0.25, -0.2) is 9.59 Å². The molecule has 1 heterocycles. The van der Waals surface area contributed by atoms with Gasteiger partial charge in [-0.3, -0.25) is 0 Å². The SMILES string of the molecule is CCN(CC(C)C)C(=O)N1CCCC(C)C1C(=O)O. The maximum atomic E-state index is 12.5. The van der Waals surface area contributed by atoms with Crippen LogP contribution in [0.3, 0.4) is 0 Å². The van der Waals surface area contributed by atoms with Gasteiger partial charge in [-0.15, -0.1) is 0 Å². The Labute approximate surface area is 115 Å². The Balaban J connectivity index is 2.84. The van der Waals surface area contributed by atoms with Gasteiger partial charge in [0.1, 0.15) is 6.04 Å². The third kappa shape index (κ3) is 3.85. The molecule has 1 fully saturated rings. The Kier molecular flexibility index (Phi) is 5.63. The van der Waals surface area contributed by atoms with Crippen LogP contribution in [0.4, 0.5) is 4.79 Å². The molecule has 19 heavy (non-hydrogen) atoms. The van der Waals surface area contributed by atoms with E-state index in [0.29, 0.717) is 25.6 Å². The minimum absolute atomic E-state index is 0.0213. The highest BCUT2D eigenvalue weighted by Crippen LogP contribution is 2.24. The van der Waals surface area contributed by atoms with E-state index in [9.17, 15) is 14.7 Å². The van der Waals surface area contributed by atoms with Crippen LogP contribution in [0.1, 0.15) is 40.5 Å². The van der Waals surface area contributed by atoms with Crippen molar-refractivity contribution in [3.05, 3.63) is 0 Å². The van der Waals surface area contributed by atoms with E-state index in [1.165, 1.54) is 0 Å². The summed E-state index contributed by atoms with van der Waals surface area (Å²) in [5.74, 6) is -0.483. The van der Waals surface area contributed by atoms with Crippen molar-refractivity contribution in [3.63, 3.8) is 0 Å². The van der Waals surface area contributed by atoms with E-state index < -0.39 is 12.0 Å². The monoisotopic (exact) mass is 270 g/mol. The molecule has 1 aliphatic heterocycles. The van der Waals surface area contributed by atoms with Gasteiger partial charge in [-0.05, 0) is 31.6 Å². The van der Waals surface area contributed by atoms with Crippen LogP contribution in [0, 0.1) is 11.8 Å². The Hall–Kier alpha value is -1.26. The summed E-state index contributed by atoms with van der Waals surface area (Å²) in [7, 11) is 0. The van der Waals surface area contributed by atoms with Crippen molar-refractivity contribution >= 4 is 12.0 Å². The highest BCUT2D eigenvalue weighted by atomic mass is 16.4. The van der Waals surface area contributed by atoms with E-state index in [0.717, 1.165) is 12.8 Å². The molecule has 0 aromatic carbocycles. The fourth-order valence-corrected chi connectivity index (χ4v) is 2.74.